The Hall–Kier alpha value is -2.72. The van der Waals surface area contributed by atoms with Crippen LogP contribution in [0.15, 0.2) is 72.9 Å². The van der Waals surface area contributed by atoms with Crippen LogP contribution in [-0.2, 0) is 12.8 Å². The molecule has 4 heteroatoms. The van der Waals surface area contributed by atoms with Gasteiger partial charge < -0.3 is 10.6 Å². The average molecular weight is 358 g/mol. The molecule has 0 spiro atoms. The lowest BCUT2D eigenvalue weighted by atomic mass is 9.79. The van der Waals surface area contributed by atoms with Crippen LogP contribution in [-0.4, -0.2) is 28.3 Å². The van der Waals surface area contributed by atoms with Gasteiger partial charge in [-0.1, -0.05) is 60.7 Å². The fourth-order valence-corrected chi connectivity index (χ4v) is 4.37. The largest absolute Gasteiger partial charge is 0.362 e. The third-order valence-corrected chi connectivity index (χ3v) is 5.67. The van der Waals surface area contributed by atoms with Crippen molar-refractivity contribution in [1.82, 2.24) is 10.2 Å². The number of hydrogen-bond donors (Lipinski definition) is 1. The van der Waals surface area contributed by atoms with E-state index in [4.69, 9.17) is 5.73 Å². The van der Waals surface area contributed by atoms with E-state index in [1.54, 1.807) is 0 Å². The van der Waals surface area contributed by atoms with Gasteiger partial charge in [0.2, 0.25) is 0 Å². The lowest BCUT2D eigenvalue weighted by molar-refractivity contribution is 0.370. The maximum atomic E-state index is 6.80. The molecule has 1 fully saturated rings. The monoisotopic (exact) mass is 358 g/mol. The van der Waals surface area contributed by atoms with Crippen molar-refractivity contribution in [2.75, 3.05) is 11.4 Å². The molecule has 0 radical (unpaired) electrons. The molecule has 4 nitrogen and oxygen atoms in total. The molecule has 0 bridgehead atoms. The molecule has 2 aromatic carbocycles. The van der Waals surface area contributed by atoms with Crippen LogP contribution >= 0.6 is 0 Å². The molecule has 0 amide bonds. The van der Waals surface area contributed by atoms with Gasteiger partial charge in [-0.25, -0.2) is 0 Å². The average Bonchev–Trinajstić information content (AvgIpc) is 2.99. The zero-order valence-electron chi connectivity index (χ0n) is 15.8. The van der Waals surface area contributed by atoms with E-state index in [0.717, 1.165) is 37.2 Å². The molecule has 1 aromatic heterocycles. The van der Waals surface area contributed by atoms with Gasteiger partial charge in [-0.2, -0.15) is 10.2 Å². The molecule has 138 valence electrons. The van der Waals surface area contributed by atoms with Gasteiger partial charge in [-0.3, -0.25) is 0 Å². The summed E-state index contributed by atoms with van der Waals surface area (Å²) in [7, 11) is 0. The second-order valence-corrected chi connectivity index (χ2v) is 7.53. The Bertz CT molecular complexity index is 838. The van der Waals surface area contributed by atoms with Crippen molar-refractivity contribution < 1.29 is 0 Å². The van der Waals surface area contributed by atoms with Crippen molar-refractivity contribution in [2.24, 2.45) is 5.73 Å². The predicted molar refractivity (Wildman–Crippen MR) is 110 cm³/mol. The maximum absolute atomic E-state index is 6.80. The molecule has 0 saturated carbocycles. The van der Waals surface area contributed by atoms with Crippen LogP contribution in [0.3, 0.4) is 0 Å². The van der Waals surface area contributed by atoms with Crippen LogP contribution in [0.25, 0.3) is 0 Å². The predicted octanol–water partition coefficient (Wildman–Crippen LogP) is 3.55. The SMILES string of the molecule is Cc1cc(N2CCC(N)C2(Cc2ccccc2)Cc2ccccc2)cnn1. The summed E-state index contributed by atoms with van der Waals surface area (Å²) in [6.07, 6.45) is 4.66. The zero-order chi connectivity index (χ0) is 18.7. The first-order valence-electron chi connectivity index (χ1n) is 9.58. The lowest BCUT2D eigenvalue weighted by Crippen LogP contribution is -2.57. The Morgan fingerprint density at radius 2 is 1.59 bits per heavy atom. The molecule has 1 unspecified atom stereocenters. The highest BCUT2D eigenvalue weighted by atomic mass is 15.3. The van der Waals surface area contributed by atoms with Crippen molar-refractivity contribution in [3.63, 3.8) is 0 Å². The van der Waals surface area contributed by atoms with E-state index in [0.29, 0.717) is 0 Å². The highest BCUT2D eigenvalue weighted by molar-refractivity contribution is 5.52. The van der Waals surface area contributed by atoms with Crippen molar-refractivity contribution in [2.45, 2.75) is 37.8 Å². The molecule has 4 rings (SSSR count). The minimum Gasteiger partial charge on any atom is -0.362 e. The molecule has 1 atom stereocenters. The molecule has 2 N–H and O–H groups in total. The third kappa shape index (κ3) is 3.58. The van der Waals surface area contributed by atoms with E-state index >= 15 is 0 Å². The second kappa shape index (κ2) is 7.49. The van der Waals surface area contributed by atoms with Crippen LogP contribution in [0, 0.1) is 6.92 Å². The summed E-state index contributed by atoms with van der Waals surface area (Å²) >= 11 is 0. The lowest BCUT2D eigenvalue weighted by Gasteiger charge is -2.43. The summed E-state index contributed by atoms with van der Waals surface area (Å²) in [5.74, 6) is 0. The van der Waals surface area contributed by atoms with E-state index < -0.39 is 0 Å². The summed E-state index contributed by atoms with van der Waals surface area (Å²) < 4.78 is 0. The van der Waals surface area contributed by atoms with Gasteiger partial charge in [0, 0.05) is 12.6 Å². The molecule has 0 aliphatic carbocycles. The molecule has 1 saturated heterocycles. The van der Waals surface area contributed by atoms with Gasteiger partial charge in [0.05, 0.1) is 23.1 Å². The highest BCUT2D eigenvalue weighted by Gasteiger charge is 2.47. The first-order valence-corrected chi connectivity index (χ1v) is 9.58. The van der Waals surface area contributed by atoms with Gasteiger partial charge in [-0.15, -0.1) is 0 Å². The summed E-state index contributed by atoms with van der Waals surface area (Å²) in [4.78, 5) is 2.47. The number of hydrogen-bond acceptors (Lipinski definition) is 4. The second-order valence-electron chi connectivity index (χ2n) is 7.53. The molecule has 1 aliphatic rings. The summed E-state index contributed by atoms with van der Waals surface area (Å²) in [5, 5.41) is 8.34. The summed E-state index contributed by atoms with van der Waals surface area (Å²) in [5.41, 5.74) is 11.3. The molecule has 3 aromatic rings. The Kier molecular flexibility index (Phi) is 4.90. The topological polar surface area (TPSA) is 55.0 Å². The summed E-state index contributed by atoms with van der Waals surface area (Å²) in [6.45, 7) is 2.93. The molecular formula is C23H26N4. The number of nitrogens with zero attached hydrogens (tertiary/aromatic N) is 3. The molecule has 2 heterocycles. The van der Waals surface area contributed by atoms with Crippen LogP contribution in [0.1, 0.15) is 23.2 Å². The summed E-state index contributed by atoms with van der Waals surface area (Å²) in [6, 6.07) is 23.6. The standard InChI is InChI=1S/C23H26N4/c1-18-14-21(17-25-26-18)27-13-12-22(24)23(27,15-19-8-4-2-5-9-19)16-20-10-6-3-7-11-20/h2-11,14,17,22H,12-13,15-16,24H2,1H3. The van der Waals surface area contributed by atoms with Crippen molar-refractivity contribution in [1.29, 1.82) is 0 Å². The van der Waals surface area contributed by atoms with Crippen molar-refractivity contribution in [3.05, 3.63) is 89.7 Å². The Labute approximate surface area is 161 Å². The molecular weight excluding hydrogens is 332 g/mol. The number of nitrogens with two attached hydrogens (primary N) is 1. The smallest absolute Gasteiger partial charge is 0.0730 e. The third-order valence-electron chi connectivity index (χ3n) is 5.67. The van der Waals surface area contributed by atoms with E-state index in [9.17, 15) is 0 Å². The van der Waals surface area contributed by atoms with E-state index in [1.807, 2.05) is 13.1 Å². The minimum atomic E-state index is -0.182. The fraction of sp³-hybridized carbons (Fsp3) is 0.304. The first kappa shape index (κ1) is 17.7. The van der Waals surface area contributed by atoms with Crippen molar-refractivity contribution in [3.8, 4) is 0 Å². The van der Waals surface area contributed by atoms with Gasteiger partial charge in [-0.05, 0) is 43.4 Å². The maximum Gasteiger partial charge on any atom is 0.0730 e. The van der Waals surface area contributed by atoms with Gasteiger partial charge >= 0.3 is 0 Å². The van der Waals surface area contributed by atoms with Crippen molar-refractivity contribution >= 4 is 5.69 Å². The van der Waals surface area contributed by atoms with Crippen LogP contribution in [0.5, 0.6) is 0 Å². The number of aromatic nitrogens is 2. The van der Waals surface area contributed by atoms with E-state index in [-0.39, 0.29) is 11.6 Å². The normalized spacial score (nSPS) is 18.6. The fourth-order valence-electron chi connectivity index (χ4n) is 4.37. The Morgan fingerprint density at radius 3 is 2.15 bits per heavy atom. The number of benzene rings is 2. The Balaban J connectivity index is 1.78. The van der Waals surface area contributed by atoms with E-state index in [2.05, 4.69) is 81.8 Å². The van der Waals surface area contributed by atoms with Crippen LogP contribution < -0.4 is 10.6 Å². The number of aryl methyl sites for hydroxylation is 1. The molecule has 27 heavy (non-hydrogen) atoms. The van der Waals surface area contributed by atoms with E-state index in [1.165, 1.54) is 11.1 Å². The van der Waals surface area contributed by atoms with Crippen LogP contribution in [0.2, 0.25) is 0 Å². The zero-order valence-corrected chi connectivity index (χ0v) is 15.8. The quantitative estimate of drug-likeness (QED) is 0.758. The Morgan fingerprint density at radius 1 is 1.00 bits per heavy atom. The van der Waals surface area contributed by atoms with Gasteiger partial charge in [0.25, 0.3) is 0 Å². The van der Waals surface area contributed by atoms with Gasteiger partial charge in [0.1, 0.15) is 0 Å². The highest BCUT2D eigenvalue weighted by Crippen LogP contribution is 2.38. The number of anilines is 1. The molecule has 1 aliphatic heterocycles. The van der Waals surface area contributed by atoms with Gasteiger partial charge in [0.15, 0.2) is 0 Å². The first-order chi connectivity index (χ1) is 13.2. The number of rotatable bonds is 5. The minimum absolute atomic E-state index is 0.0892. The van der Waals surface area contributed by atoms with Crippen LogP contribution in [0.4, 0.5) is 5.69 Å².